The van der Waals surface area contributed by atoms with Gasteiger partial charge in [-0.1, -0.05) is 30.3 Å². The van der Waals surface area contributed by atoms with Gasteiger partial charge in [0.15, 0.2) is 5.82 Å². The minimum atomic E-state index is -0.545. The van der Waals surface area contributed by atoms with Crippen molar-refractivity contribution in [3.8, 4) is 0 Å². The topological polar surface area (TPSA) is 76.1 Å². The molecule has 0 saturated carbocycles. The van der Waals surface area contributed by atoms with E-state index >= 15 is 0 Å². The maximum atomic E-state index is 11.6. The van der Waals surface area contributed by atoms with Crippen LogP contribution in [0.2, 0.25) is 0 Å². The number of nitrogens with one attached hydrogen (secondary N) is 2. The molecule has 1 heterocycles. The molecule has 122 valence electrons. The molecule has 0 unspecified atom stereocenters. The first-order valence-electron chi connectivity index (χ1n) is 7.54. The van der Waals surface area contributed by atoms with Crippen molar-refractivity contribution in [2.75, 3.05) is 17.2 Å². The highest BCUT2D eigenvalue weighted by molar-refractivity contribution is 5.83. The van der Waals surface area contributed by atoms with Crippen molar-refractivity contribution in [2.45, 2.75) is 32.8 Å². The van der Waals surface area contributed by atoms with Gasteiger partial charge < -0.3 is 10.1 Å². The fraction of sp³-hybridized carbons (Fsp3) is 0.353. The van der Waals surface area contributed by atoms with Crippen LogP contribution in [0.3, 0.4) is 0 Å². The molecule has 6 nitrogen and oxygen atoms in total. The number of aromatic nitrogens is 2. The van der Waals surface area contributed by atoms with E-state index in [9.17, 15) is 4.79 Å². The van der Waals surface area contributed by atoms with Crippen LogP contribution in [0.1, 0.15) is 26.3 Å². The van der Waals surface area contributed by atoms with Gasteiger partial charge in [-0.2, -0.15) is 0 Å². The average molecular weight is 314 g/mol. The van der Waals surface area contributed by atoms with E-state index in [1.165, 1.54) is 5.56 Å². The van der Waals surface area contributed by atoms with Crippen molar-refractivity contribution in [1.82, 2.24) is 10.2 Å². The number of carbonyl (C=O) groups excluding carboxylic acids is 1. The van der Waals surface area contributed by atoms with Gasteiger partial charge in [0.25, 0.3) is 0 Å². The molecular formula is C17H22N4O2. The molecule has 0 spiro atoms. The Labute approximate surface area is 136 Å². The molecule has 1 amide bonds. The van der Waals surface area contributed by atoms with Crippen molar-refractivity contribution in [2.24, 2.45) is 0 Å². The van der Waals surface area contributed by atoms with Crippen LogP contribution in [0.5, 0.6) is 0 Å². The Morgan fingerprint density at radius 2 is 1.70 bits per heavy atom. The van der Waals surface area contributed by atoms with Crippen LogP contribution in [-0.4, -0.2) is 28.4 Å². The van der Waals surface area contributed by atoms with Gasteiger partial charge in [0.2, 0.25) is 0 Å². The van der Waals surface area contributed by atoms with Gasteiger partial charge in [-0.25, -0.2) is 4.79 Å². The number of ether oxygens (including phenoxy) is 1. The lowest BCUT2D eigenvalue weighted by atomic mass is 10.1. The van der Waals surface area contributed by atoms with Gasteiger partial charge in [-0.3, -0.25) is 5.32 Å². The van der Waals surface area contributed by atoms with Crippen LogP contribution in [0.25, 0.3) is 0 Å². The third-order valence-electron chi connectivity index (χ3n) is 2.86. The molecule has 0 atom stereocenters. The third kappa shape index (κ3) is 6.34. The smallest absolute Gasteiger partial charge is 0.413 e. The number of nitrogens with zero attached hydrogens (tertiary/aromatic N) is 2. The van der Waals surface area contributed by atoms with Crippen molar-refractivity contribution >= 4 is 17.7 Å². The molecule has 2 aromatic rings. The molecule has 0 bridgehead atoms. The van der Waals surface area contributed by atoms with Gasteiger partial charge in [0.1, 0.15) is 11.4 Å². The van der Waals surface area contributed by atoms with E-state index in [1.807, 2.05) is 18.2 Å². The molecule has 0 fully saturated rings. The summed E-state index contributed by atoms with van der Waals surface area (Å²) in [4.78, 5) is 11.6. The molecule has 0 saturated heterocycles. The highest BCUT2D eigenvalue weighted by Crippen LogP contribution is 2.11. The Morgan fingerprint density at radius 1 is 1.04 bits per heavy atom. The number of carbonyl (C=O) groups is 1. The van der Waals surface area contributed by atoms with Crippen LogP contribution in [0.15, 0.2) is 42.5 Å². The summed E-state index contributed by atoms with van der Waals surface area (Å²) < 4.78 is 5.15. The highest BCUT2D eigenvalue weighted by atomic mass is 16.6. The summed E-state index contributed by atoms with van der Waals surface area (Å²) in [6.45, 7) is 6.17. The summed E-state index contributed by atoms with van der Waals surface area (Å²) in [5.74, 6) is 1.02. The lowest BCUT2D eigenvalue weighted by Crippen LogP contribution is -2.27. The summed E-state index contributed by atoms with van der Waals surface area (Å²) in [6, 6.07) is 13.7. The van der Waals surface area contributed by atoms with Crippen LogP contribution in [0.4, 0.5) is 16.4 Å². The molecule has 1 aromatic carbocycles. The normalized spacial score (nSPS) is 10.9. The Balaban J connectivity index is 1.79. The van der Waals surface area contributed by atoms with Crippen LogP contribution in [-0.2, 0) is 11.2 Å². The molecule has 23 heavy (non-hydrogen) atoms. The van der Waals surface area contributed by atoms with E-state index in [4.69, 9.17) is 4.74 Å². The molecule has 0 radical (unpaired) electrons. The molecule has 6 heteroatoms. The number of rotatable bonds is 5. The molecule has 0 aliphatic carbocycles. The van der Waals surface area contributed by atoms with Crippen LogP contribution in [0, 0.1) is 0 Å². The number of hydrogen-bond acceptors (Lipinski definition) is 5. The Morgan fingerprint density at radius 3 is 2.30 bits per heavy atom. The van der Waals surface area contributed by atoms with Crippen molar-refractivity contribution in [3.63, 3.8) is 0 Å². The lowest BCUT2D eigenvalue weighted by molar-refractivity contribution is 0.0635. The second kappa shape index (κ2) is 7.58. The van der Waals surface area contributed by atoms with Crippen molar-refractivity contribution in [1.29, 1.82) is 0 Å². The SMILES string of the molecule is CC(C)(C)OC(=O)Nc1ccc(NCCc2ccccc2)nn1. The Hall–Kier alpha value is -2.63. The van der Waals surface area contributed by atoms with E-state index < -0.39 is 11.7 Å². The van der Waals surface area contributed by atoms with Crippen molar-refractivity contribution < 1.29 is 9.53 Å². The van der Waals surface area contributed by atoms with Gasteiger partial charge in [0, 0.05) is 6.54 Å². The van der Waals surface area contributed by atoms with Crippen LogP contribution >= 0.6 is 0 Å². The fourth-order valence-corrected chi connectivity index (χ4v) is 1.88. The first-order chi connectivity index (χ1) is 10.9. The van der Waals surface area contributed by atoms with Gasteiger partial charge in [0.05, 0.1) is 0 Å². The number of hydrogen-bond donors (Lipinski definition) is 2. The number of benzene rings is 1. The second-order valence-corrected chi connectivity index (χ2v) is 6.09. The fourth-order valence-electron chi connectivity index (χ4n) is 1.88. The molecule has 1 aromatic heterocycles. The number of amides is 1. The molecule has 2 N–H and O–H groups in total. The minimum absolute atomic E-state index is 0.354. The largest absolute Gasteiger partial charge is 0.444 e. The van der Waals surface area contributed by atoms with E-state index in [1.54, 1.807) is 32.9 Å². The monoisotopic (exact) mass is 314 g/mol. The van der Waals surface area contributed by atoms with Gasteiger partial charge >= 0.3 is 6.09 Å². The average Bonchev–Trinajstić information content (AvgIpc) is 2.48. The molecule has 0 aliphatic heterocycles. The zero-order valence-corrected chi connectivity index (χ0v) is 13.7. The summed E-state index contributed by atoms with van der Waals surface area (Å²) in [5.41, 5.74) is 0.715. The minimum Gasteiger partial charge on any atom is -0.444 e. The maximum absolute atomic E-state index is 11.6. The zero-order valence-electron chi connectivity index (χ0n) is 13.7. The van der Waals surface area contributed by atoms with E-state index in [0.29, 0.717) is 11.6 Å². The van der Waals surface area contributed by atoms with E-state index in [2.05, 4.69) is 33.0 Å². The van der Waals surface area contributed by atoms with Gasteiger partial charge in [-0.15, -0.1) is 10.2 Å². The molecular weight excluding hydrogens is 292 g/mol. The third-order valence-corrected chi connectivity index (χ3v) is 2.86. The van der Waals surface area contributed by atoms with E-state index in [0.717, 1.165) is 13.0 Å². The molecule has 0 aliphatic rings. The quantitative estimate of drug-likeness (QED) is 0.883. The first-order valence-corrected chi connectivity index (χ1v) is 7.54. The summed E-state index contributed by atoms with van der Waals surface area (Å²) >= 11 is 0. The molecule has 2 rings (SSSR count). The lowest BCUT2D eigenvalue weighted by Gasteiger charge is -2.19. The predicted molar refractivity (Wildman–Crippen MR) is 90.5 cm³/mol. The number of anilines is 2. The van der Waals surface area contributed by atoms with Crippen molar-refractivity contribution in [3.05, 3.63) is 48.0 Å². The standard InChI is InChI=1S/C17H22N4O2/c1-17(2,3)23-16(22)19-15-10-9-14(20-21-15)18-12-11-13-7-5-4-6-8-13/h4-10H,11-12H2,1-3H3,(H,18,20)(H,19,21,22). The van der Waals surface area contributed by atoms with E-state index in [-0.39, 0.29) is 0 Å². The summed E-state index contributed by atoms with van der Waals surface area (Å²) in [5, 5.41) is 13.7. The van der Waals surface area contributed by atoms with Crippen LogP contribution < -0.4 is 10.6 Å². The predicted octanol–water partition coefficient (Wildman–Crippen LogP) is 3.48. The second-order valence-electron chi connectivity index (χ2n) is 6.09. The highest BCUT2D eigenvalue weighted by Gasteiger charge is 2.16. The Bertz CT molecular complexity index is 621. The summed E-state index contributed by atoms with van der Waals surface area (Å²) in [6.07, 6.45) is 0.358. The Kier molecular flexibility index (Phi) is 5.51. The summed E-state index contributed by atoms with van der Waals surface area (Å²) in [7, 11) is 0. The zero-order chi connectivity index (χ0) is 16.7. The van der Waals surface area contributed by atoms with Gasteiger partial charge in [-0.05, 0) is 44.9 Å². The maximum Gasteiger partial charge on any atom is 0.413 e. The first kappa shape index (κ1) is 16.7.